The summed E-state index contributed by atoms with van der Waals surface area (Å²) in [6.07, 6.45) is 0. The number of ether oxygens (including phenoxy) is 2. The molecule has 8 heteroatoms. The van der Waals surface area contributed by atoms with E-state index in [0.717, 1.165) is 33.6 Å². The van der Waals surface area contributed by atoms with Crippen LogP contribution in [0.25, 0.3) is 0 Å². The Labute approximate surface area is 190 Å². The molecular weight excluding hydrogens is 537 g/mol. The fourth-order valence-corrected chi connectivity index (χ4v) is 3.46. The van der Waals surface area contributed by atoms with E-state index < -0.39 is 0 Å². The van der Waals surface area contributed by atoms with Crippen molar-refractivity contribution >= 4 is 45.9 Å². The van der Waals surface area contributed by atoms with Gasteiger partial charge in [-0.3, -0.25) is 0 Å². The van der Waals surface area contributed by atoms with Crippen LogP contribution in [0.4, 0.5) is 0 Å². The molecule has 0 amide bonds. The van der Waals surface area contributed by atoms with Gasteiger partial charge in [-0.25, -0.2) is 4.99 Å². The third kappa shape index (κ3) is 5.99. The average Bonchev–Trinajstić information content (AvgIpc) is 3.16. The average molecular weight is 562 g/mol. The summed E-state index contributed by atoms with van der Waals surface area (Å²) in [5.74, 6) is 2.19. The van der Waals surface area contributed by atoms with E-state index in [1.54, 1.807) is 0 Å². The first-order chi connectivity index (χ1) is 13.2. The Hall–Kier alpha value is -1.52. The van der Waals surface area contributed by atoms with Gasteiger partial charge in [-0.15, -0.1) is 24.0 Å². The number of aliphatic hydroxyl groups is 1. The van der Waals surface area contributed by atoms with Crippen LogP contribution in [0.15, 0.2) is 51.9 Å². The number of hydrogen-bond donors (Lipinski definition) is 3. The molecule has 1 atom stereocenters. The minimum absolute atomic E-state index is 0. The molecule has 1 unspecified atom stereocenters. The smallest absolute Gasteiger partial charge is 0.231 e. The van der Waals surface area contributed by atoms with Gasteiger partial charge in [0.15, 0.2) is 17.5 Å². The molecule has 0 aliphatic carbocycles. The van der Waals surface area contributed by atoms with Crippen LogP contribution < -0.4 is 20.1 Å². The Morgan fingerprint density at radius 2 is 2.00 bits per heavy atom. The lowest BCUT2D eigenvalue weighted by Gasteiger charge is -2.18. The number of nitrogens with one attached hydrogen (secondary N) is 2. The number of aliphatic hydroxyl groups excluding tert-OH is 1. The molecule has 0 fully saturated rings. The molecule has 1 aliphatic rings. The largest absolute Gasteiger partial charge is 0.454 e. The fourth-order valence-electron chi connectivity index (χ4n) is 2.86. The van der Waals surface area contributed by atoms with Crippen molar-refractivity contribution in [2.45, 2.75) is 19.4 Å². The summed E-state index contributed by atoms with van der Waals surface area (Å²) >= 11 is 3.51. The van der Waals surface area contributed by atoms with Crippen molar-refractivity contribution < 1.29 is 14.6 Å². The number of rotatable bonds is 7. The van der Waals surface area contributed by atoms with E-state index in [-0.39, 0.29) is 43.3 Å². The van der Waals surface area contributed by atoms with Crippen molar-refractivity contribution in [3.8, 4) is 11.5 Å². The number of hydrogen-bond acceptors (Lipinski definition) is 4. The summed E-state index contributed by atoms with van der Waals surface area (Å²) in [5.41, 5.74) is 2.12. The molecule has 1 heterocycles. The first-order valence-corrected chi connectivity index (χ1v) is 9.76. The van der Waals surface area contributed by atoms with Gasteiger partial charge in [0.1, 0.15) is 0 Å². The van der Waals surface area contributed by atoms with Crippen LogP contribution in [0.3, 0.4) is 0 Å². The lowest BCUT2D eigenvalue weighted by atomic mass is 10.0. The molecule has 0 saturated carbocycles. The molecule has 0 bridgehead atoms. The Morgan fingerprint density at radius 3 is 2.71 bits per heavy atom. The highest BCUT2D eigenvalue weighted by atomic mass is 127. The third-order valence-electron chi connectivity index (χ3n) is 4.26. The number of guanidine groups is 1. The van der Waals surface area contributed by atoms with Crippen LogP contribution in [-0.4, -0.2) is 37.6 Å². The lowest BCUT2D eigenvalue weighted by molar-refractivity contribution is 0.173. The van der Waals surface area contributed by atoms with Gasteiger partial charge in [0, 0.05) is 19.0 Å². The normalized spacial score (nSPS) is 13.6. The molecule has 3 rings (SSSR count). The van der Waals surface area contributed by atoms with E-state index in [9.17, 15) is 5.11 Å². The number of nitrogens with zero attached hydrogens (tertiary/aromatic N) is 1. The molecule has 2 aromatic carbocycles. The minimum Gasteiger partial charge on any atom is -0.454 e. The molecule has 6 nitrogen and oxygen atoms in total. The molecule has 0 saturated heterocycles. The zero-order valence-corrected chi connectivity index (χ0v) is 19.6. The minimum atomic E-state index is 0. The molecule has 1 aliphatic heterocycles. The maximum absolute atomic E-state index is 9.72. The SMILES string of the molecule is CCNC(=NCc1cc(Br)c2c(c1)OCO2)NCC(CO)c1ccccc1.I. The summed E-state index contributed by atoms with van der Waals surface area (Å²) in [7, 11) is 0. The van der Waals surface area contributed by atoms with Crippen molar-refractivity contribution in [2.24, 2.45) is 4.99 Å². The summed E-state index contributed by atoms with van der Waals surface area (Å²) in [6, 6.07) is 13.9. The van der Waals surface area contributed by atoms with Gasteiger partial charge in [0.05, 0.1) is 17.6 Å². The molecule has 152 valence electrons. The van der Waals surface area contributed by atoms with Gasteiger partial charge >= 0.3 is 0 Å². The summed E-state index contributed by atoms with van der Waals surface area (Å²) < 4.78 is 11.7. The molecular formula is C20H25BrIN3O3. The second-order valence-electron chi connectivity index (χ2n) is 6.18. The van der Waals surface area contributed by atoms with Gasteiger partial charge in [0.25, 0.3) is 0 Å². The molecule has 28 heavy (non-hydrogen) atoms. The Bertz CT molecular complexity index is 790. The summed E-state index contributed by atoms with van der Waals surface area (Å²) in [6.45, 7) is 4.19. The highest BCUT2D eigenvalue weighted by Crippen LogP contribution is 2.40. The Morgan fingerprint density at radius 1 is 1.21 bits per heavy atom. The van der Waals surface area contributed by atoms with Crippen LogP contribution in [0.5, 0.6) is 11.5 Å². The quantitative estimate of drug-likeness (QED) is 0.273. The number of halogens is 2. The van der Waals surface area contributed by atoms with E-state index in [1.807, 2.05) is 49.4 Å². The van der Waals surface area contributed by atoms with Crippen molar-refractivity contribution in [2.75, 3.05) is 26.5 Å². The van der Waals surface area contributed by atoms with Gasteiger partial charge < -0.3 is 25.2 Å². The molecule has 2 aromatic rings. The molecule has 0 radical (unpaired) electrons. The van der Waals surface area contributed by atoms with E-state index >= 15 is 0 Å². The van der Waals surface area contributed by atoms with Gasteiger partial charge in [0.2, 0.25) is 6.79 Å². The lowest BCUT2D eigenvalue weighted by Crippen LogP contribution is -2.39. The molecule has 0 aromatic heterocycles. The highest BCUT2D eigenvalue weighted by Gasteiger charge is 2.18. The predicted molar refractivity (Wildman–Crippen MR) is 125 cm³/mol. The summed E-state index contributed by atoms with van der Waals surface area (Å²) in [5, 5.41) is 16.3. The number of aliphatic imine (C=N–C) groups is 1. The Balaban J connectivity index is 0.00000280. The van der Waals surface area contributed by atoms with Crippen LogP contribution in [0.2, 0.25) is 0 Å². The highest BCUT2D eigenvalue weighted by molar-refractivity contribution is 14.0. The first kappa shape index (κ1) is 22.8. The van der Waals surface area contributed by atoms with Gasteiger partial charge in [-0.1, -0.05) is 30.3 Å². The number of fused-ring (bicyclic) bond motifs is 1. The summed E-state index contributed by atoms with van der Waals surface area (Å²) in [4.78, 5) is 4.65. The zero-order valence-electron chi connectivity index (χ0n) is 15.7. The zero-order chi connectivity index (χ0) is 19.1. The standard InChI is InChI=1S/C20H24BrN3O3.HI/c1-2-22-20(24-11-16(12-25)15-6-4-3-5-7-15)23-10-14-8-17(21)19-18(9-14)26-13-27-19;/h3-9,16,25H,2,10-13H2,1H3,(H2,22,23,24);1H. The third-order valence-corrected chi connectivity index (χ3v) is 4.85. The van der Waals surface area contributed by atoms with Crippen molar-refractivity contribution in [1.82, 2.24) is 10.6 Å². The number of benzene rings is 2. The van der Waals surface area contributed by atoms with Crippen molar-refractivity contribution in [3.63, 3.8) is 0 Å². The maximum atomic E-state index is 9.72. The second kappa shape index (κ2) is 11.5. The van der Waals surface area contributed by atoms with Crippen molar-refractivity contribution in [1.29, 1.82) is 0 Å². The fraction of sp³-hybridized carbons (Fsp3) is 0.350. The van der Waals surface area contributed by atoms with E-state index in [4.69, 9.17) is 9.47 Å². The molecule has 3 N–H and O–H groups in total. The van der Waals surface area contributed by atoms with Crippen LogP contribution in [0.1, 0.15) is 24.0 Å². The van der Waals surface area contributed by atoms with E-state index in [1.165, 1.54) is 0 Å². The first-order valence-electron chi connectivity index (χ1n) is 8.97. The van der Waals surface area contributed by atoms with Gasteiger partial charge in [-0.05, 0) is 46.1 Å². The van der Waals surface area contributed by atoms with E-state index in [0.29, 0.717) is 19.0 Å². The van der Waals surface area contributed by atoms with Crippen LogP contribution in [-0.2, 0) is 6.54 Å². The maximum Gasteiger partial charge on any atom is 0.231 e. The van der Waals surface area contributed by atoms with E-state index in [2.05, 4.69) is 31.6 Å². The second-order valence-corrected chi connectivity index (χ2v) is 7.03. The monoisotopic (exact) mass is 561 g/mol. The van der Waals surface area contributed by atoms with Crippen LogP contribution in [0, 0.1) is 0 Å². The Kier molecular flexibility index (Phi) is 9.33. The predicted octanol–water partition coefficient (Wildman–Crippen LogP) is 3.63. The van der Waals surface area contributed by atoms with Crippen molar-refractivity contribution in [3.05, 3.63) is 58.1 Å². The molecule has 0 spiro atoms. The van der Waals surface area contributed by atoms with Gasteiger partial charge in [-0.2, -0.15) is 0 Å². The topological polar surface area (TPSA) is 75.1 Å². The van der Waals surface area contributed by atoms with Crippen LogP contribution >= 0.6 is 39.9 Å².